The Morgan fingerprint density at radius 1 is 1.32 bits per heavy atom. The van der Waals surface area contributed by atoms with Crippen molar-refractivity contribution >= 4 is 29.6 Å². The number of nitrogens with one attached hydrogen (secondary N) is 1. The Balaban J connectivity index is 1.76. The van der Waals surface area contributed by atoms with Gasteiger partial charge in [0, 0.05) is 26.2 Å². The maximum absolute atomic E-state index is 11.9. The quantitative estimate of drug-likeness (QED) is 0.776. The number of carbonyl (C=O) groups excluding carboxylic acids is 3. The SMILES string of the molecule is O=CN1CCN(C(=O)CNC(=O)c2cccs2)CC1. The fourth-order valence-electron chi connectivity index (χ4n) is 1.84. The predicted molar refractivity (Wildman–Crippen MR) is 70.9 cm³/mol. The number of hydrogen-bond acceptors (Lipinski definition) is 4. The third kappa shape index (κ3) is 3.54. The van der Waals surface area contributed by atoms with Crippen LogP contribution in [-0.4, -0.2) is 60.7 Å². The summed E-state index contributed by atoms with van der Waals surface area (Å²) in [7, 11) is 0. The zero-order chi connectivity index (χ0) is 13.7. The summed E-state index contributed by atoms with van der Waals surface area (Å²) >= 11 is 1.34. The molecule has 0 radical (unpaired) electrons. The fourth-order valence-corrected chi connectivity index (χ4v) is 2.48. The lowest BCUT2D eigenvalue weighted by atomic mass is 10.3. The summed E-state index contributed by atoms with van der Waals surface area (Å²) in [5.41, 5.74) is 0. The third-order valence-corrected chi connectivity index (χ3v) is 3.83. The van der Waals surface area contributed by atoms with Crippen LogP contribution in [0.15, 0.2) is 17.5 Å². The summed E-state index contributed by atoms with van der Waals surface area (Å²) in [6.45, 7) is 2.14. The number of nitrogens with zero attached hydrogens (tertiary/aromatic N) is 2. The smallest absolute Gasteiger partial charge is 0.261 e. The van der Waals surface area contributed by atoms with Crippen molar-refractivity contribution in [1.82, 2.24) is 15.1 Å². The molecule has 1 saturated heterocycles. The van der Waals surface area contributed by atoms with Crippen molar-refractivity contribution in [3.63, 3.8) is 0 Å². The van der Waals surface area contributed by atoms with Gasteiger partial charge in [-0.2, -0.15) is 0 Å². The van der Waals surface area contributed by atoms with Crippen LogP contribution in [0.2, 0.25) is 0 Å². The van der Waals surface area contributed by atoms with Crippen LogP contribution in [0.4, 0.5) is 0 Å². The highest BCUT2D eigenvalue weighted by atomic mass is 32.1. The molecule has 0 bridgehead atoms. The number of amides is 3. The van der Waals surface area contributed by atoms with E-state index in [0.29, 0.717) is 31.1 Å². The molecule has 2 heterocycles. The molecular weight excluding hydrogens is 266 g/mol. The molecule has 6 nitrogen and oxygen atoms in total. The van der Waals surface area contributed by atoms with Crippen molar-refractivity contribution in [1.29, 1.82) is 0 Å². The summed E-state index contributed by atoms with van der Waals surface area (Å²) in [4.78, 5) is 38.0. The second-order valence-corrected chi connectivity index (χ2v) is 5.13. The molecule has 3 amide bonds. The third-order valence-electron chi connectivity index (χ3n) is 2.96. The van der Waals surface area contributed by atoms with Crippen LogP contribution >= 0.6 is 11.3 Å². The summed E-state index contributed by atoms with van der Waals surface area (Å²) < 4.78 is 0. The Hall–Kier alpha value is -1.89. The van der Waals surface area contributed by atoms with Gasteiger partial charge in [-0.3, -0.25) is 14.4 Å². The molecule has 0 saturated carbocycles. The topological polar surface area (TPSA) is 69.7 Å². The zero-order valence-corrected chi connectivity index (χ0v) is 11.2. The first-order valence-corrected chi connectivity index (χ1v) is 6.87. The van der Waals surface area contributed by atoms with E-state index < -0.39 is 0 Å². The van der Waals surface area contributed by atoms with Crippen LogP contribution in [0.1, 0.15) is 9.67 Å². The van der Waals surface area contributed by atoms with Crippen LogP contribution in [0.25, 0.3) is 0 Å². The van der Waals surface area contributed by atoms with Crippen molar-refractivity contribution < 1.29 is 14.4 Å². The number of hydrogen-bond donors (Lipinski definition) is 1. The van der Waals surface area contributed by atoms with Crippen LogP contribution in [0, 0.1) is 0 Å². The molecule has 0 aromatic carbocycles. The highest BCUT2D eigenvalue weighted by Crippen LogP contribution is 2.07. The van der Waals surface area contributed by atoms with E-state index in [1.54, 1.807) is 21.9 Å². The molecule has 1 fully saturated rings. The Kier molecular flexibility index (Phi) is 4.51. The Labute approximate surface area is 115 Å². The summed E-state index contributed by atoms with van der Waals surface area (Å²) in [6, 6.07) is 3.51. The molecule has 1 N–H and O–H groups in total. The molecule has 19 heavy (non-hydrogen) atoms. The molecule has 1 aliphatic heterocycles. The minimum absolute atomic E-state index is 0.00216. The minimum atomic E-state index is -0.227. The van der Waals surface area contributed by atoms with Gasteiger partial charge in [0.05, 0.1) is 11.4 Å². The van der Waals surface area contributed by atoms with Crippen LogP contribution < -0.4 is 5.32 Å². The van der Waals surface area contributed by atoms with E-state index in [2.05, 4.69) is 5.32 Å². The fraction of sp³-hybridized carbons (Fsp3) is 0.417. The van der Waals surface area contributed by atoms with E-state index in [0.717, 1.165) is 6.41 Å². The van der Waals surface area contributed by atoms with Gasteiger partial charge in [0.25, 0.3) is 5.91 Å². The minimum Gasteiger partial charge on any atom is -0.342 e. The zero-order valence-electron chi connectivity index (χ0n) is 10.4. The molecule has 1 aliphatic rings. The molecule has 0 atom stereocenters. The summed E-state index contributed by atoms with van der Waals surface area (Å²) in [5, 5.41) is 4.42. The van der Waals surface area contributed by atoms with Crippen molar-refractivity contribution in [3.05, 3.63) is 22.4 Å². The summed E-state index contributed by atoms with van der Waals surface area (Å²) in [5.74, 6) is -0.342. The lowest BCUT2D eigenvalue weighted by molar-refractivity contribution is -0.134. The maximum Gasteiger partial charge on any atom is 0.261 e. The van der Waals surface area contributed by atoms with Crippen molar-refractivity contribution in [2.45, 2.75) is 0 Å². The first-order valence-electron chi connectivity index (χ1n) is 5.99. The molecule has 1 aromatic heterocycles. The average molecular weight is 281 g/mol. The molecule has 7 heteroatoms. The second-order valence-electron chi connectivity index (χ2n) is 4.18. The average Bonchev–Trinajstić information content (AvgIpc) is 2.98. The van der Waals surface area contributed by atoms with Gasteiger partial charge >= 0.3 is 0 Å². The normalized spacial score (nSPS) is 15.2. The van der Waals surface area contributed by atoms with Gasteiger partial charge in [0.2, 0.25) is 12.3 Å². The van der Waals surface area contributed by atoms with E-state index in [1.165, 1.54) is 11.3 Å². The monoisotopic (exact) mass is 281 g/mol. The van der Waals surface area contributed by atoms with Crippen LogP contribution in [0.5, 0.6) is 0 Å². The van der Waals surface area contributed by atoms with Crippen LogP contribution in [0.3, 0.4) is 0 Å². The van der Waals surface area contributed by atoms with E-state index in [-0.39, 0.29) is 18.4 Å². The Morgan fingerprint density at radius 3 is 2.63 bits per heavy atom. The molecule has 1 aromatic rings. The van der Waals surface area contributed by atoms with Crippen molar-refractivity contribution in [2.75, 3.05) is 32.7 Å². The van der Waals surface area contributed by atoms with Crippen molar-refractivity contribution in [3.8, 4) is 0 Å². The maximum atomic E-state index is 11.9. The van der Waals surface area contributed by atoms with Gasteiger partial charge in [-0.1, -0.05) is 6.07 Å². The van der Waals surface area contributed by atoms with Crippen molar-refractivity contribution in [2.24, 2.45) is 0 Å². The number of piperazine rings is 1. The molecule has 0 aliphatic carbocycles. The van der Waals surface area contributed by atoms with E-state index >= 15 is 0 Å². The van der Waals surface area contributed by atoms with Gasteiger partial charge in [-0.15, -0.1) is 11.3 Å². The molecule has 102 valence electrons. The lowest BCUT2D eigenvalue weighted by Gasteiger charge is -2.32. The molecular formula is C12H15N3O3S. The first-order chi connectivity index (χ1) is 9.20. The molecule has 2 rings (SSSR count). The number of thiophene rings is 1. The van der Waals surface area contributed by atoms with E-state index in [9.17, 15) is 14.4 Å². The van der Waals surface area contributed by atoms with Gasteiger partial charge in [0.1, 0.15) is 0 Å². The molecule has 0 spiro atoms. The largest absolute Gasteiger partial charge is 0.342 e. The number of carbonyl (C=O) groups is 3. The standard InChI is InChI=1S/C12H15N3O3S/c16-9-14-3-5-15(6-4-14)11(17)8-13-12(18)10-2-1-7-19-10/h1-2,7,9H,3-6,8H2,(H,13,18). The Morgan fingerprint density at radius 2 is 2.05 bits per heavy atom. The van der Waals surface area contributed by atoms with Crippen LogP contribution in [-0.2, 0) is 9.59 Å². The first kappa shape index (κ1) is 13.5. The van der Waals surface area contributed by atoms with Gasteiger partial charge < -0.3 is 15.1 Å². The highest BCUT2D eigenvalue weighted by molar-refractivity contribution is 7.12. The van der Waals surface area contributed by atoms with Gasteiger partial charge in [-0.05, 0) is 11.4 Å². The predicted octanol–water partition coefficient (Wildman–Crippen LogP) is -0.222. The van der Waals surface area contributed by atoms with Gasteiger partial charge in [0.15, 0.2) is 0 Å². The van der Waals surface area contributed by atoms with Gasteiger partial charge in [-0.25, -0.2) is 0 Å². The Bertz CT molecular complexity index is 453. The second kappa shape index (κ2) is 6.33. The molecule has 0 unspecified atom stereocenters. The van der Waals surface area contributed by atoms with E-state index in [1.807, 2.05) is 5.38 Å². The van der Waals surface area contributed by atoms with E-state index in [4.69, 9.17) is 0 Å². The lowest BCUT2D eigenvalue weighted by Crippen LogP contribution is -2.50. The summed E-state index contributed by atoms with van der Waals surface area (Å²) in [6.07, 6.45) is 0.792. The number of rotatable bonds is 4. The highest BCUT2D eigenvalue weighted by Gasteiger charge is 2.20.